The summed E-state index contributed by atoms with van der Waals surface area (Å²) >= 11 is 2.41. The first kappa shape index (κ1) is 12.5. The summed E-state index contributed by atoms with van der Waals surface area (Å²) in [6.45, 7) is 11.1. The molecule has 0 bridgehead atoms. The van der Waals surface area contributed by atoms with Crippen molar-refractivity contribution >= 4 is 22.9 Å². The third-order valence-electron chi connectivity index (χ3n) is 3.01. The van der Waals surface area contributed by atoms with Crippen LogP contribution in [0.1, 0.15) is 19.8 Å². The van der Waals surface area contributed by atoms with Gasteiger partial charge in [-0.05, 0) is 32.4 Å². The Bertz CT molecular complexity index is 194. The second-order valence-corrected chi connectivity index (χ2v) is 5.52. The van der Waals surface area contributed by atoms with E-state index >= 15 is 0 Å². The average Bonchev–Trinajstić information content (AvgIpc) is 2.33. The van der Waals surface area contributed by atoms with Crippen LogP contribution in [-0.4, -0.2) is 41.2 Å². The molecule has 0 radical (unpaired) electrons. The summed E-state index contributed by atoms with van der Waals surface area (Å²) in [6, 6.07) is 0. The van der Waals surface area contributed by atoms with Crippen LogP contribution in [0.25, 0.3) is 0 Å². The summed E-state index contributed by atoms with van der Waals surface area (Å²) in [5, 5.41) is 0. The molecule has 1 fully saturated rings. The molecule has 1 heterocycles. The largest absolute Gasteiger partial charge is 0.306 e. The van der Waals surface area contributed by atoms with Crippen LogP contribution in [0, 0.1) is 5.92 Å². The summed E-state index contributed by atoms with van der Waals surface area (Å²) < 4.78 is 2.36. The fourth-order valence-corrected chi connectivity index (χ4v) is 2.29. The average molecular weight is 308 g/mol. The number of likely N-dealkylation sites (tertiary alicyclic amines) is 1. The van der Waals surface area contributed by atoms with E-state index in [2.05, 4.69) is 51.4 Å². The molecule has 82 valence electrons. The highest BCUT2D eigenvalue weighted by molar-refractivity contribution is 14.1. The lowest BCUT2D eigenvalue weighted by atomic mass is 9.96. The van der Waals surface area contributed by atoms with Crippen LogP contribution in [0.3, 0.4) is 0 Å². The molecule has 14 heavy (non-hydrogen) atoms. The summed E-state index contributed by atoms with van der Waals surface area (Å²) in [5.41, 5.74) is 1.45. The highest BCUT2D eigenvalue weighted by atomic mass is 127. The molecule has 0 spiro atoms. The van der Waals surface area contributed by atoms with Gasteiger partial charge in [0.25, 0.3) is 0 Å². The van der Waals surface area contributed by atoms with Gasteiger partial charge in [-0.15, -0.1) is 0 Å². The lowest BCUT2D eigenvalue weighted by molar-refractivity contribution is 0.333. The molecule has 0 aromatic carbocycles. The van der Waals surface area contributed by atoms with E-state index in [4.69, 9.17) is 0 Å². The van der Waals surface area contributed by atoms with Crippen molar-refractivity contribution in [2.24, 2.45) is 5.92 Å². The maximum Gasteiger partial charge on any atom is 0.0201 e. The zero-order valence-corrected chi connectivity index (χ0v) is 11.5. The van der Waals surface area contributed by atoms with E-state index in [1.807, 2.05) is 0 Å². The number of hydrogen-bond acceptors (Lipinski definition) is 2. The van der Waals surface area contributed by atoms with Crippen molar-refractivity contribution in [3.63, 3.8) is 0 Å². The van der Waals surface area contributed by atoms with E-state index in [0.717, 1.165) is 6.54 Å². The van der Waals surface area contributed by atoms with Crippen LogP contribution in [0.4, 0.5) is 0 Å². The molecule has 0 N–H and O–H groups in total. The van der Waals surface area contributed by atoms with E-state index in [1.54, 1.807) is 0 Å². The minimum atomic E-state index is 0.705. The lowest BCUT2D eigenvalue weighted by Gasteiger charge is -2.21. The summed E-state index contributed by atoms with van der Waals surface area (Å²) in [5.74, 6) is 0.705. The van der Waals surface area contributed by atoms with Gasteiger partial charge in [-0.3, -0.25) is 0 Å². The first-order valence-corrected chi connectivity index (χ1v) is 6.37. The Morgan fingerprint density at radius 3 is 2.93 bits per heavy atom. The van der Waals surface area contributed by atoms with Gasteiger partial charge in [-0.25, -0.2) is 3.11 Å². The maximum absolute atomic E-state index is 4.22. The van der Waals surface area contributed by atoms with Crippen LogP contribution < -0.4 is 0 Å². The quantitative estimate of drug-likeness (QED) is 0.449. The van der Waals surface area contributed by atoms with Gasteiger partial charge in [0.2, 0.25) is 0 Å². The van der Waals surface area contributed by atoms with Crippen molar-refractivity contribution in [2.45, 2.75) is 19.8 Å². The molecule has 1 aliphatic rings. The molecule has 3 heteroatoms. The molecule has 0 saturated carbocycles. The predicted molar refractivity (Wildman–Crippen MR) is 70.6 cm³/mol. The number of nitrogens with zero attached hydrogens (tertiary/aromatic N) is 2. The van der Waals surface area contributed by atoms with Crippen LogP contribution in [0.5, 0.6) is 0 Å². The van der Waals surface area contributed by atoms with Crippen LogP contribution in [-0.2, 0) is 0 Å². The molecule has 1 saturated heterocycles. The van der Waals surface area contributed by atoms with Crippen molar-refractivity contribution in [3.8, 4) is 0 Å². The Kier molecular flexibility index (Phi) is 5.41. The molecule has 0 amide bonds. The lowest BCUT2D eigenvalue weighted by Crippen LogP contribution is -2.23. The van der Waals surface area contributed by atoms with Crippen LogP contribution >= 0.6 is 22.9 Å². The molecule has 1 rings (SSSR count). The third kappa shape index (κ3) is 3.87. The van der Waals surface area contributed by atoms with Gasteiger partial charge < -0.3 is 4.90 Å². The van der Waals surface area contributed by atoms with Crippen molar-refractivity contribution in [1.82, 2.24) is 8.01 Å². The van der Waals surface area contributed by atoms with E-state index in [-0.39, 0.29) is 0 Å². The third-order valence-corrected chi connectivity index (χ3v) is 4.09. The van der Waals surface area contributed by atoms with Gasteiger partial charge in [0.05, 0.1) is 0 Å². The van der Waals surface area contributed by atoms with Crippen molar-refractivity contribution < 1.29 is 0 Å². The maximum atomic E-state index is 4.22. The zero-order valence-electron chi connectivity index (χ0n) is 9.30. The minimum absolute atomic E-state index is 0.705. The minimum Gasteiger partial charge on any atom is -0.306 e. The Morgan fingerprint density at radius 2 is 2.29 bits per heavy atom. The Hall–Kier alpha value is 0.390. The first-order chi connectivity index (χ1) is 6.63. The molecule has 0 aromatic heterocycles. The van der Waals surface area contributed by atoms with Crippen LogP contribution in [0.15, 0.2) is 12.2 Å². The molecule has 1 atom stereocenters. The molecular formula is C11H21IN2. The Balaban J connectivity index is 2.45. The van der Waals surface area contributed by atoms with E-state index in [1.165, 1.54) is 38.0 Å². The van der Waals surface area contributed by atoms with Crippen molar-refractivity contribution in [2.75, 3.05) is 33.2 Å². The summed E-state index contributed by atoms with van der Waals surface area (Å²) in [6.07, 6.45) is 2.45. The van der Waals surface area contributed by atoms with Crippen molar-refractivity contribution in [1.29, 1.82) is 0 Å². The fourth-order valence-electron chi connectivity index (χ4n) is 1.82. The SMILES string of the molecule is C=C1CCN(C)CCC1CN(I)CC. The highest BCUT2D eigenvalue weighted by Crippen LogP contribution is 2.23. The fraction of sp³-hybridized carbons (Fsp3) is 0.818. The number of rotatable bonds is 3. The predicted octanol–water partition coefficient (Wildman–Crippen LogP) is 2.56. The molecular weight excluding hydrogens is 287 g/mol. The van der Waals surface area contributed by atoms with E-state index < -0.39 is 0 Å². The topological polar surface area (TPSA) is 6.48 Å². The van der Waals surface area contributed by atoms with Gasteiger partial charge in [-0.2, -0.15) is 0 Å². The molecule has 1 unspecified atom stereocenters. The summed E-state index contributed by atoms with van der Waals surface area (Å²) in [7, 11) is 2.21. The molecule has 2 nitrogen and oxygen atoms in total. The number of hydrogen-bond donors (Lipinski definition) is 0. The summed E-state index contributed by atoms with van der Waals surface area (Å²) in [4.78, 5) is 2.41. The molecule has 0 aromatic rings. The molecule has 0 aliphatic carbocycles. The Labute approximate surface area is 102 Å². The normalized spacial score (nSPS) is 25.4. The first-order valence-electron chi connectivity index (χ1n) is 5.40. The monoisotopic (exact) mass is 308 g/mol. The van der Waals surface area contributed by atoms with Gasteiger partial charge in [0, 0.05) is 42.5 Å². The van der Waals surface area contributed by atoms with Crippen molar-refractivity contribution in [3.05, 3.63) is 12.2 Å². The Morgan fingerprint density at radius 1 is 1.57 bits per heavy atom. The second kappa shape index (κ2) is 6.08. The highest BCUT2D eigenvalue weighted by Gasteiger charge is 2.19. The van der Waals surface area contributed by atoms with Crippen LogP contribution in [0.2, 0.25) is 0 Å². The number of halogens is 1. The van der Waals surface area contributed by atoms with Gasteiger partial charge >= 0.3 is 0 Å². The molecule has 1 aliphatic heterocycles. The van der Waals surface area contributed by atoms with E-state index in [9.17, 15) is 0 Å². The van der Waals surface area contributed by atoms with Gasteiger partial charge in [0.1, 0.15) is 0 Å². The van der Waals surface area contributed by atoms with Gasteiger partial charge in [-0.1, -0.05) is 19.1 Å². The smallest absolute Gasteiger partial charge is 0.0201 e. The standard InChI is InChI=1S/C11H21IN2/c1-4-14(12)9-11-6-8-13(3)7-5-10(11)2/h11H,2,4-9H2,1,3H3. The zero-order chi connectivity index (χ0) is 10.6. The van der Waals surface area contributed by atoms with Gasteiger partial charge in [0.15, 0.2) is 0 Å². The second-order valence-electron chi connectivity index (χ2n) is 4.16. The van der Waals surface area contributed by atoms with E-state index in [0.29, 0.717) is 5.92 Å².